The number of aromatic nitrogens is 2. The number of nitrogens with zero attached hydrogens (tertiary/aromatic N) is 3. The fraction of sp³-hybridized carbons (Fsp3) is 0.286. The van der Waals surface area contributed by atoms with Crippen LogP contribution in [0.2, 0.25) is 0 Å². The Balaban J connectivity index is 2.45. The maximum absolute atomic E-state index is 13.3. The largest absolute Gasteiger partial charge is 0.389 e. The van der Waals surface area contributed by atoms with Gasteiger partial charge in [-0.05, 0) is 31.2 Å². The first-order valence-corrected chi connectivity index (χ1v) is 6.15. The van der Waals surface area contributed by atoms with Crippen molar-refractivity contribution in [1.29, 1.82) is 0 Å². The minimum atomic E-state index is -0.835. The average molecular weight is 277 g/mol. The van der Waals surface area contributed by atoms with Gasteiger partial charge in [-0.2, -0.15) is 5.10 Å². The molecule has 1 amide bonds. The van der Waals surface area contributed by atoms with Crippen molar-refractivity contribution in [3.05, 3.63) is 47.5 Å². The Bertz CT molecular complexity index is 635. The van der Waals surface area contributed by atoms with Crippen molar-refractivity contribution >= 4 is 5.91 Å². The van der Waals surface area contributed by atoms with Crippen LogP contribution in [0.25, 0.3) is 5.69 Å². The molecule has 106 valence electrons. The number of halogens is 1. The standard InChI is InChI=1S/C14H16FN3O2/c1-9(19)11-8-10(15)4-5-13(11)18-7-6-12(16-18)14(20)17(2)3/h4-9,19H,1-3H3/t9-/m0/s1. The molecule has 5 nitrogen and oxygen atoms in total. The predicted molar refractivity (Wildman–Crippen MR) is 72.2 cm³/mol. The minimum absolute atomic E-state index is 0.218. The Hall–Kier alpha value is -2.21. The highest BCUT2D eigenvalue weighted by Gasteiger charge is 2.15. The van der Waals surface area contributed by atoms with Crippen molar-refractivity contribution in [2.45, 2.75) is 13.0 Å². The number of rotatable bonds is 3. The second-order valence-corrected chi connectivity index (χ2v) is 4.72. The number of carbonyl (C=O) groups is 1. The van der Waals surface area contributed by atoms with E-state index in [0.717, 1.165) is 0 Å². The van der Waals surface area contributed by atoms with Crippen molar-refractivity contribution in [2.24, 2.45) is 0 Å². The molecule has 0 radical (unpaired) electrons. The van der Waals surface area contributed by atoms with Gasteiger partial charge in [-0.1, -0.05) is 0 Å². The highest BCUT2D eigenvalue weighted by molar-refractivity contribution is 5.91. The summed E-state index contributed by atoms with van der Waals surface area (Å²) in [6.07, 6.45) is 0.772. The number of hydrogen-bond donors (Lipinski definition) is 1. The fourth-order valence-electron chi connectivity index (χ4n) is 1.87. The van der Waals surface area contributed by atoms with E-state index in [2.05, 4.69) is 5.10 Å². The zero-order valence-corrected chi connectivity index (χ0v) is 11.5. The van der Waals surface area contributed by atoms with Gasteiger partial charge in [-0.3, -0.25) is 4.79 Å². The first-order valence-electron chi connectivity index (χ1n) is 6.15. The van der Waals surface area contributed by atoms with E-state index >= 15 is 0 Å². The molecule has 1 aromatic heterocycles. The van der Waals surface area contributed by atoms with E-state index in [-0.39, 0.29) is 11.6 Å². The number of hydrogen-bond acceptors (Lipinski definition) is 3. The monoisotopic (exact) mass is 277 g/mol. The van der Waals surface area contributed by atoms with Gasteiger partial charge in [-0.15, -0.1) is 0 Å². The molecule has 0 aliphatic heterocycles. The lowest BCUT2D eigenvalue weighted by atomic mass is 10.1. The van der Waals surface area contributed by atoms with Crippen molar-refractivity contribution in [3.63, 3.8) is 0 Å². The molecule has 1 aromatic carbocycles. The van der Waals surface area contributed by atoms with Gasteiger partial charge in [0, 0.05) is 25.9 Å². The van der Waals surface area contributed by atoms with Crippen molar-refractivity contribution in [1.82, 2.24) is 14.7 Å². The normalized spacial score (nSPS) is 12.2. The molecular formula is C14H16FN3O2. The second kappa shape index (κ2) is 5.42. The van der Waals surface area contributed by atoms with Crippen LogP contribution in [0.15, 0.2) is 30.5 Å². The van der Waals surface area contributed by atoms with E-state index in [9.17, 15) is 14.3 Å². The molecule has 2 rings (SSSR count). The molecule has 0 unspecified atom stereocenters. The third-order valence-corrected chi connectivity index (χ3v) is 2.90. The van der Waals surface area contributed by atoms with E-state index in [1.165, 1.54) is 27.8 Å². The van der Waals surface area contributed by atoms with Crippen LogP contribution in [0.5, 0.6) is 0 Å². The van der Waals surface area contributed by atoms with E-state index in [0.29, 0.717) is 11.3 Å². The number of benzene rings is 1. The molecule has 0 spiro atoms. The zero-order chi connectivity index (χ0) is 14.9. The third-order valence-electron chi connectivity index (χ3n) is 2.90. The van der Waals surface area contributed by atoms with Gasteiger partial charge >= 0.3 is 0 Å². The number of aliphatic hydroxyl groups excluding tert-OH is 1. The molecule has 0 bridgehead atoms. The van der Waals surface area contributed by atoms with Crippen LogP contribution < -0.4 is 0 Å². The summed E-state index contributed by atoms with van der Waals surface area (Å²) in [5.41, 5.74) is 1.24. The highest BCUT2D eigenvalue weighted by Crippen LogP contribution is 2.22. The number of amides is 1. The lowest BCUT2D eigenvalue weighted by Gasteiger charge is -2.12. The Morgan fingerprint density at radius 2 is 2.10 bits per heavy atom. The summed E-state index contributed by atoms with van der Waals surface area (Å²) in [6.45, 7) is 1.55. The topological polar surface area (TPSA) is 58.4 Å². The Labute approximate surface area is 116 Å². The Morgan fingerprint density at radius 3 is 2.70 bits per heavy atom. The van der Waals surface area contributed by atoms with Crippen LogP contribution in [0, 0.1) is 5.82 Å². The van der Waals surface area contributed by atoms with E-state index < -0.39 is 11.9 Å². The molecule has 0 aliphatic carbocycles. The molecule has 6 heteroatoms. The summed E-state index contributed by atoms with van der Waals surface area (Å²) >= 11 is 0. The molecule has 0 fully saturated rings. The maximum Gasteiger partial charge on any atom is 0.273 e. The van der Waals surface area contributed by atoms with Gasteiger partial charge in [0.05, 0.1) is 11.8 Å². The third kappa shape index (κ3) is 2.70. The first-order chi connectivity index (χ1) is 9.40. The van der Waals surface area contributed by atoms with E-state index in [4.69, 9.17) is 0 Å². The molecule has 1 atom stereocenters. The molecule has 2 aromatic rings. The van der Waals surface area contributed by atoms with Crippen LogP contribution in [-0.4, -0.2) is 39.8 Å². The van der Waals surface area contributed by atoms with Gasteiger partial charge in [0.15, 0.2) is 5.69 Å². The SMILES string of the molecule is C[C@H](O)c1cc(F)ccc1-n1ccc(C(=O)N(C)C)n1. The fourth-order valence-corrected chi connectivity index (χ4v) is 1.87. The quantitative estimate of drug-likeness (QED) is 0.930. The summed E-state index contributed by atoms with van der Waals surface area (Å²) in [7, 11) is 3.28. The van der Waals surface area contributed by atoms with Gasteiger partial charge in [0.2, 0.25) is 0 Å². The van der Waals surface area contributed by atoms with E-state index in [1.54, 1.807) is 33.3 Å². The number of carbonyl (C=O) groups excluding carboxylic acids is 1. The molecule has 1 heterocycles. The van der Waals surface area contributed by atoms with Crippen LogP contribution in [0.1, 0.15) is 29.1 Å². The van der Waals surface area contributed by atoms with Gasteiger partial charge in [0.25, 0.3) is 5.91 Å². The summed E-state index contributed by atoms with van der Waals surface area (Å²) in [5.74, 6) is -0.647. The van der Waals surface area contributed by atoms with Crippen molar-refractivity contribution in [2.75, 3.05) is 14.1 Å². The minimum Gasteiger partial charge on any atom is -0.389 e. The summed E-state index contributed by atoms with van der Waals surface area (Å²) in [6, 6.07) is 5.65. The zero-order valence-electron chi connectivity index (χ0n) is 11.5. The summed E-state index contributed by atoms with van der Waals surface area (Å²) in [5, 5.41) is 13.9. The van der Waals surface area contributed by atoms with Gasteiger partial charge in [-0.25, -0.2) is 9.07 Å². The molecule has 20 heavy (non-hydrogen) atoms. The molecule has 0 aliphatic rings. The Morgan fingerprint density at radius 1 is 1.40 bits per heavy atom. The second-order valence-electron chi connectivity index (χ2n) is 4.72. The van der Waals surface area contributed by atoms with Crippen LogP contribution in [-0.2, 0) is 0 Å². The predicted octanol–water partition coefficient (Wildman–Crippen LogP) is 1.77. The molecular weight excluding hydrogens is 261 g/mol. The lowest BCUT2D eigenvalue weighted by Crippen LogP contribution is -2.22. The van der Waals surface area contributed by atoms with Crippen LogP contribution >= 0.6 is 0 Å². The van der Waals surface area contributed by atoms with E-state index in [1.807, 2.05) is 0 Å². The van der Waals surface area contributed by atoms with Crippen LogP contribution in [0.3, 0.4) is 0 Å². The first kappa shape index (κ1) is 14.2. The average Bonchev–Trinajstić information content (AvgIpc) is 2.86. The van der Waals surface area contributed by atoms with Crippen molar-refractivity contribution in [3.8, 4) is 5.69 Å². The maximum atomic E-state index is 13.3. The van der Waals surface area contributed by atoms with Gasteiger partial charge < -0.3 is 10.0 Å². The lowest BCUT2D eigenvalue weighted by molar-refractivity contribution is 0.0821. The summed E-state index contributed by atoms with van der Waals surface area (Å²) in [4.78, 5) is 13.2. The molecule has 0 saturated carbocycles. The molecule has 0 saturated heterocycles. The van der Waals surface area contributed by atoms with Crippen LogP contribution in [0.4, 0.5) is 4.39 Å². The highest BCUT2D eigenvalue weighted by atomic mass is 19.1. The molecule has 1 N–H and O–H groups in total. The van der Waals surface area contributed by atoms with Crippen molar-refractivity contribution < 1.29 is 14.3 Å². The smallest absolute Gasteiger partial charge is 0.273 e. The number of aliphatic hydroxyl groups is 1. The summed E-state index contributed by atoms with van der Waals surface area (Å²) < 4.78 is 14.7. The Kier molecular flexibility index (Phi) is 3.85. The van der Waals surface area contributed by atoms with Gasteiger partial charge in [0.1, 0.15) is 5.82 Å².